The lowest BCUT2D eigenvalue weighted by Gasteiger charge is -2.33. The molecule has 28 heavy (non-hydrogen) atoms. The van der Waals surface area contributed by atoms with Gasteiger partial charge in [-0.25, -0.2) is 0 Å². The number of likely N-dealkylation sites (N-methyl/N-ethyl adjacent to an activating group) is 1. The molecule has 154 valence electrons. The number of rotatable bonds is 6. The van der Waals surface area contributed by atoms with Gasteiger partial charge in [0.2, 0.25) is 5.91 Å². The van der Waals surface area contributed by atoms with Gasteiger partial charge in [-0.05, 0) is 39.1 Å². The molecule has 0 atom stereocenters. The molecule has 7 nitrogen and oxygen atoms in total. The van der Waals surface area contributed by atoms with Gasteiger partial charge in [-0.1, -0.05) is 0 Å². The summed E-state index contributed by atoms with van der Waals surface area (Å²) in [5.74, 6) is 1.42. The molecule has 2 aliphatic rings. The zero-order valence-electron chi connectivity index (χ0n) is 17.1. The van der Waals surface area contributed by atoms with E-state index in [1.807, 2.05) is 28.8 Å². The van der Waals surface area contributed by atoms with Crippen LogP contribution in [-0.4, -0.2) is 86.5 Å². The minimum atomic E-state index is -0.0133. The maximum atomic E-state index is 12.9. The van der Waals surface area contributed by atoms with Crippen molar-refractivity contribution in [3.63, 3.8) is 0 Å². The molecule has 1 aromatic carbocycles. The average Bonchev–Trinajstić information content (AvgIpc) is 3.22. The molecule has 2 saturated heterocycles. The van der Waals surface area contributed by atoms with Crippen molar-refractivity contribution in [1.82, 2.24) is 14.7 Å². The fraction of sp³-hybridized carbons (Fsp3) is 0.619. The van der Waals surface area contributed by atoms with Gasteiger partial charge in [-0.15, -0.1) is 0 Å². The Balaban J connectivity index is 1.66. The average molecular weight is 389 g/mol. The van der Waals surface area contributed by atoms with Crippen LogP contribution in [0, 0.1) is 0 Å². The first-order valence-corrected chi connectivity index (χ1v) is 10.0. The van der Waals surface area contributed by atoms with Crippen molar-refractivity contribution >= 4 is 11.8 Å². The Morgan fingerprint density at radius 1 is 1.07 bits per heavy atom. The number of hydrogen-bond acceptors (Lipinski definition) is 5. The second kappa shape index (κ2) is 9.28. The Morgan fingerprint density at radius 2 is 1.75 bits per heavy atom. The largest absolute Gasteiger partial charge is 0.497 e. The van der Waals surface area contributed by atoms with E-state index in [1.54, 1.807) is 25.3 Å². The van der Waals surface area contributed by atoms with Crippen molar-refractivity contribution in [2.75, 3.05) is 53.9 Å². The van der Waals surface area contributed by atoms with E-state index < -0.39 is 0 Å². The van der Waals surface area contributed by atoms with Gasteiger partial charge in [0.05, 0.1) is 19.2 Å². The van der Waals surface area contributed by atoms with Crippen LogP contribution in [0.4, 0.5) is 0 Å². The fourth-order valence-corrected chi connectivity index (χ4v) is 3.77. The van der Waals surface area contributed by atoms with Gasteiger partial charge in [-0.2, -0.15) is 0 Å². The summed E-state index contributed by atoms with van der Waals surface area (Å²) in [4.78, 5) is 30.8. The predicted molar refractivity (Wildman–Crippen MR) is 107 cm³/mol. The van der Waals surface area contributed by atoms with Crippen molar-refractivity contribution in [3.05, 3.63) is 23.8 Å². The number of piperidine rings is 1. The summed E-state index contributed by atoms with van der Waals surface area (Å²) < 4.78 is 11.6. The highest BCUT2D eigenvalue weighted by Gasteiger charge is 2.27. The second-order valence-electron chi connectivity index (χ2n) is 7.80. The molecular formula is C21H31N3O4. The van der Waals surface area contributed by atoms with Crippen LogP contribution in [0.1, 0.15) is 36.0 Å². The minimum absolute atomic E-state index is 0.0133. The third-order valence-corrected chi connectivity index (χ3v) is 5.35. The smallest absolute Gasteiger partial charge is 0.257 e. The third kappa shape index (κ3) is 4.95. The maximum Gasteiger partial charge on any atom is 0.257 e. The molecule has 0 radical (unpaired) electrons. The fourth-order valence-electron chi connectivity index (χ4n) is 3.77. The molecule has 3 rings (SSSR count). The summed E-state index contributed by atoms with van der Waals surface area (Å²) in [6.07, 6.45) is 3.61. The number of nitrogens with zero attached hydrogens (tertiary/aromatic N) is 3. The number of likely N-dealkylation sites (tertiary alicyclic amines) is 2. The third-order valence-electron chi connectivity index (χ3n) is 5.35. The van der Waals surface area contributed by atoms with Gasteiger partial charge in [0.25, 0.3) is 5.91 Å². The molecular weight excluding hydrogens is 358 g/mol. The lowest BCUT2D eigenvalue weighted by molar-refractivity contribution is -0.133. The monoisotopic (exact) mass is 389 g/mol. The van der Waals surface area contributed by atoms with Gasteiger partial charge in [0.1, 0.15) is 17.6 Å². The van der Waals surface area contributed by atoms with E-state index in [1.165, 1.54) is 0 Å². The van der Waals surface area contributed by atoms with E-state index in [2.05, 4.69) is 0 Å². The van der Waals surface area contributed by atoms with E-state index >= 15 is 0 Å². The van der Waals surface area contributed by atoms with Crippen LogP contribution < -0.4 is 9.47 Å². The van der Waals surface area contributed by atoms with Crippen LogP contribution in [0.2, 0.25) is 0 Å². The number of hydrogen-bond donors (Lipinski definition) is 0. The number of benzene rings is 1. The van der Waals surface area contributed by atoms with Crippen molar-refractivity contribution in [3.8, 4) is 11.5 Å². The maximum absolute atomic E-state index is 12.9. The molecule has 2 amide bonds. The van der Waals surface area contributed by atoms with E-state index in [0.29, 0.717) is 36.7 Å². The molecule has 0 bridgehead atoms. The SMILES string of the molecule is COc1ccc(C(=O)N2CCCC2)c(OC2CCN(C(=O)CN(C)C)CC2)c1. The summed E-state index contributed by atoms with van der Waals surface area (Å²) >= 11 is 0. The van der Waals surface area contributed by atoms with Gasteiger partial charge in [0, 0.05) is 45.1 Å². The summed E-state index contributed by atoms with van der Waals surface area (Å²) in [7, 11) is 5.40. The highest BCUT2D eigenvalue weighted by molar-refractivity contribution is 5.97. The predicted octanol–water partition coefficient (Wildman–Crippen LogP) is 1.86. The van der Waals surface area contributed by atoms with Gasteiger partial charge in [-0.3, -0.25) is 9.59 Å². The van der Waals surface area contributed by atoms with Crippen LogP contribution >= 0.6 is 0 Å². The number of ether oxygens (including phenoxy) is 2. The Bertz CT molecular complexity index is 693. The summed E-state index contributed by atoms with van der Waals surface area (Å²) in [5, 5.41) is 0. The standard InChI is InChI=1S/C21H31N3O4/c1-22(2)15-20(25)23-12-8-16(9-13-23)28-19-14-17(27-3)6-7-18(19)21(26)24-10-4-5-11-24/h6-7,14,16H,4-5,8-13,15H2,1-3H3. The summed E-state index contributed by atoms with van der Waals surface area (Å²) in [6.45, 7) is 3.39. The second-order valence-corrected chi connectivity index (χ2v) is 7.80. The lowest BCUT2D eigenvalue weighted by Crippen LogP contribution is -2.45. The molecule has 1 aromatic rings. The Hall–Kier alpha value is -2.28. The van der Waals surface area contributed by atoms with E-state index in [-0.39, 0.29) is 17.9 Å². The first-order chi connectivity index (χ1) is 13.5. The van der Waals surface area contributed by atoms with E-state index in [4.69, 9.17) is 9.47 Å². The Labute approximate surface area is 167 Å². The highest BCUT2D eigenvalue weighted by Crippen LogP contribution is 2.29. The van der Waals surface area contributed by atoms with Gasteiger partial charge < -0.3 is 24.2 Å². The number of carbonyl (C=O) groups is 2. The van der Waals surface area contributed by atoms with Crippen molar-refractivity contribution in [1.29, 1.82) is 0 Å². The summed E-state index contributed by atoms with van der Waals surface area (Å²) in [5.41, 5.74) is 0.591. The van der Waals surface area contributed by atoms with Crippen molar-refractivity contribution in [2.45, 2.75) is 31.8 Å². The van der Waals surface area contributed by atoms with E-state index in [9.17, 15) is 9.59 Å². The summed E-state index contributed by atoms with van der Waals surface area (Å²) in [6, 6.07) is 5.40. The topological polar surface area (TPSA) is 62.3 Å². The molecule has 0 spiro atoms. The molecule has 0 aromatic heterocycles. The molecule has 0 N–H and O–H groups in total. The number of carbonyl (C=O) groups excluding carboxylic acids is 2. The van der Waals surface area contributed by atoms with Crippen LogP contribution in [0.5, 0.6) is 11.5 Å². The lowest BCUT2D eigenvalue weighted by atomic mass is 10.1. The molecule has 0 aliphatic carbocycles. The zero-order valence-corrected chi connectivity index (χ0v) is 17.1. The zero-order chi connectivity index (χ0) is 20.1. The van der Waals surface area contributed by atoms with Crippen LogP contribution in [0.3, 0.4) is 0 Å². The van der Waals surface area contributed by atoms with Crippen molar-refractivity contribution in [2.24, 2.45) is 0 Å². The normalized spacial score (nSPS) is 17.9. The number of methoxy groups -OCH3 is 1. The molecule has 0 unspecified atom stereocenters. The van der Waals surface area contributed by atoms with Crippen molar-refractivity contribution < 1.29 is 19.1 Å². The Morgan fingerprint density at radius 3 is 2.36 bits per heavy atom. The number of amides is 2. The minimum Gasteiger partial charge on any atom is -0.497 e. The first-order valence-electron chi connectivity index (χ1n) is 10.0. The van der Waals surface area contributed by atoms with Crippen LogP contribution in [0.15, 0.2) is 18.2 Å². The first kappa shape index (κ1) is 20.5. The van der Waals surface area contributed by atoms with Crippen LogP contribution in [0.25, 0.3) is 0 Å². The molecule has 7 heteroatoms. The van der Waals surface area contributed by atoms with E-state index in [0.717, 1.165) is 38.8 Å². The highest BCUT2D eigenvalue weighted by atomic mass is 16.5. The van der Waals surface area contributed by atoms with Crippen LogP contribution in [-0.2, 0) is 4.79 Å². The van der Waals surface area contributed by atoms with Gasteiger partial charge >= 0.3 is 0 Å². The van der Waals surface area contributed by atoms with Gasteiger partial charge in [0.15, 0.2) is 0 Å². The Kier molecular flexibility index (Phi) is 6.78. The quantitative estimate of drug-likeness (QED) is 0.743. The molecule has 0 saturated carbocycles. The molecule has 2 fully saturated rings. The molecule has 2 heterocycles. The molecule has 2 aliphatic heterocycles.